The lowest BCUT2D eigenvalue weighted by molar-refractivity contribution is 0.296. The second kappa shape index (κ2) is 11.3. The highest BCUT2D eigenvalue weighted by Crippen LogP contribution is 2.35. The van der Waals surface area contributed by atoms with Gasteiger partial charge in [0, 0.05) is 0 Å². The monoisotopic (exact) mass is 404 g/mol. The van der Waals surface area contributed by atoms with Crippen LogP contribution in [-0.2, 0) is 0 Å². The van der Waals surface area contributed by atoms with E-state index in [-0.39, 0.29) is 0 Å². The lowest BCUT2D eigenvalue weighted by Crippen LogP contribution is -2.10. The first kappa shape index (κ1) is 26.0. The lowest BCUT2D eigenvalue weighted by Gasteiger charge is -2.24. The lowest BCUT2D eigenvalue weighted by atomic mass is 9.82. The molecule has 1 rings (SSSR count). The summed E-state index contributed by atoms with van der Waals surface area (Å²) in [7, 11) is 0. The molecule has 30 heavy (non-hydrogen) atoms. The van der Waals surface area contributed by atoms with Crippen molar-refractivity contribution in [3.8, 4) is 0 Å². The van der Waals surface area contributed by atoms with Crippen LogP contribution in [0.4, 0.5) is 0 Å². The summed E-state index contributed by atoms with van der Waals surface area (Å²) in [6.07, 6.45) is 10.5. The van der Waals surface area contributed by atoms with Crippen LogP contribution in [0.3, 0.4) is 0 Å². The molecule has 0 radical (unpaired) electrons. The molecule has 0 amide bonds. The fourth-order valence-electron chi connectivity index (χ4n) is 4.31. The Balaban J connectivity index is 3.36. The first-order valence-electron chi connectivity index (χ1n) is 11.4. The molecule has 0 spiro atoms. The van der Waals surface area contributed by atoms with Gasteiger partial charge in [-0.2, -0.15) is 0 Å². The van der Waals surface area contributed by atoms with Gasteiger partial charge < -0.3 is 0 Å². The Labute approximate surface area is 187 Å². The average Bonchev–Trinajstić information content (AvgIpc) is 2.64. The molecule has 0 saturated heterocycles. The second-order valence-corrected chi connectivity index (χ2v) is 9.76. The summed E-state index contributed by atoms with van der Waals surface area (Å²) in [6.45, 7) is 30.5. The molecule has 0 aliphatic carbocycles. The van der Waals surface area contributed by atoms with Crippen molar-refractivity contribution in [2.24, 2.45) is 5.41 Å². The number of allylic oxidation sites excluding steroid dienone is 6. The van der Waals surface area contributed by atoms with Crippen molar-refractivity contribution in [2.75, 3.05) is 0 Å². The second-order valence-electron chi connectivity index (χ2n) is 9.76. The Kier molecular flexibility index (Phi) is 9.82. The molecule has 0 heteroatoms. The largest absolute Gasteiger partial charge is 0.0985 e. The Morgan fingerprint density at radius 1 is 0.967 bits per heavy atom. The summed E-state index contributed by atoms with van der Waals surface area (Å²) >= 11 is 0. The van der Waals surface area contributed by atoms with Gasteiger partial charge in [-0.05, 0) is 105 Å². The van der Waals surface area contributed by atoms with E-state index in [1.165, 1.54) is 64.7 Å². The minimum absolute atomic E-state index is 0.437. The highest BCUT2D eigenvalue weighted by Gasteiger charge is 2.17. The maximum absolute atomic E-state index is 4.32. The quantitative estimate of drug-likeness (QED) is 0.322. The molecule has 0 saturated carbocycles. The molecule has 0 heterocycles. The third-order valence-corrected chi connectivity index (χ3v) is 6.22. The molecule has 0 aromatic heterocycles. The number of hydrogen-bond acceptors (Lipinski definition) is 0. The molecule has 0 N–H and O–H groups in total. The summed E-state index contributed by atoms with van der Waals surface area (Å²) in [5, 5.41) is 0. The van der Waals surface area contributed by atoms with E-state index in [0.717, 1.165) is 17.6 Å². The first-order chi connectivity index (χ1) is 13.9. The maximum atomic E-state index is 4.32. The Morgan fingerprint density at radius 3 is 2.10 bits per heavy atom. The van der Waals surface area contributed by atoms with Crippen molar-refractivity contribution in [1.29, 1.82) is 0 Å². The topological polar surface area (TPSA) is 0 Å². The fourth-order valence-corrected chi connectivity index (χ4v) is 4.31. The molecule has 164 valence electrons. The molecule has 0 nitrogen and oxygen atoms in total. The van der Waals surface area contributed by atoms with Crippen LogP contribution in [0, 0.1) is 19.3 Å². The van der Waals surface area contributed by atoms with Gasteiger partial charge in [-0.15, -0.1) is 0 Å². The van der Waals surface area contributed by atoms with Gasteiger partial charge in [-0.1, -0.05) is 82.4 Å². The van der Waals surface area contributed by atoms with Crippen molar-refractivity contribution in [1.82, 2.24) is 0 Å². The molecule has 0 fully saturated rings. The molecule has 0 bridgehead atoms. The van der Waals surface area contributed by atoms with Gasteiger partial charge in [0.25, 0.3) is 0 Å². The molecule has 0 aliphatic rings. The van der Waals surface area contributed by atoms with E-state index in [4.69, 9.17) is 0 Å². The average molecular weight is 405 g/mol. The van der Waals surface area contributed by atoms with E-state index in [1.807, 2.05) is 6.08 Å². The highest BCUT2D eigenvalue weighted by atomic mass is 14.2. The van der Waals surface area contributed by atoms with Crippen LogP contribution < -0.4 is 0 Å². The number of hydrogen-bond donors (Lipinski definition) is 0. The zero-order valence-electron chi connectivity index (χ0n) is 21.0. The molecule has 0 atom stereocenters. The zero-order valence-corrected chi connectivity index (χ0v) is 21.0. The van der Waals surface area contributed by atoms with Crippen molar-refractivity contribution >= 4 is 11.6 Å². The van der Waals surface area contributed by atoms with Gasteiger partial charge in [-0.25, -0.2) is 0 Å². The summed E-state index contributed by atoms with van der Waals surface area (Å²) in [5.74, 6) is 0. The first-order valence-corrected chi connectivity index (χ1v) is 11.4. The molecule has 1 aromatic rings. The third-order valence-electron chi connectivity index (χ3n) is 6.22. The summed E-state index contributed by atoms with van der Waals surface area (Å²) in [6, 6.07) is 4.37. The highest BCUT2D eigenvalue weighted by molar-refractivity contribution is 5.87. The van der Waals surface area contributed by atoms with Gasteiger partial charge in [0.2, 0.25) is 0 Å². The smallest absolute Gasteiger partial charge is 0.00828 e. The fraction of sp³-hybridized carbons (Fsp3) is 0.467. The van der Waals surface area contributed by atoms with Crippen LogP contribution >= 0.6 is 0 Å². The summed E-state index contributed by atoms with van der Waals surface area (Å²) in [4.78, 5) is 0. The van der Waals surface area contributed by atoms with Crippen molar-refractivity contribution in [3.63, 3.8) is 0 Å². The molecule has 0 unspecified atom stereocenters. The Bertz CT molecular complexity index is 852. The molecular weight excluding hydrogens is 360 g/mol. The SMILES string of the molecule is C=Cc1ccc(/C(C(=C)C)=C(/C=C(\C)CCCC(C)(C)CCC)C(=C)C)c(C)c1C. The minimum Gasteiger partial charge on any atom is -0.0985 e. The Hall–Kier alpha value is -2.08. The third kappa shape index (κ3) is 7.01. The van der Waals surface area contributed by atoms with Crippen molar-refractivity contribution in [3.05, 3.63) is 82.5 Å². The number of rotatable bonds is 11. The minimum atomic E-state index is 0.437. The van der Waals surface area contributed by atoms with E-state index < -0.39 is 0 Å². The van der Waals surface area contributed by atoms with E-state index in [2.05, 4.69) is 93.3 Å². The van der Waals surface area contributed by atoms with Gasteiger partial charge in [-0.3, -0.25) is 0 Å². The van der Waals surface area contributed by atoms with Gasteiger partial charge in [0.05, 0.1) is 0 Å². The van der Waals surface area contributed by atoms with Crippen LogP contribution in [0.15, 0.2) is 60.2 Å². The number of benzene rings is 1. The molecular formula is C30H44. The van der Waals surface area contributed by atoms with Crippen LogP contribution in [0.1, 0.15) is 95.9 Å². The predicted octanol–water partition coefficient (Wildman–Crippen LogP) is 9.80. The standard InChI is InChI=1S/C30H44/c1-12-18-30(10,11)19-14-15-23(7)20-28(21(3)4)29(22(5)6)27-17-16-26(13-2)24(8)25(27)9/h13,16-17,20H,2-3,5,12,14-15,18-19H2,1,4,6-11H3/b23-20+,29-28-. The summed E-state index contributed by atoms with van der Waals surface area (Å²) in [5.41, 5.74) is 11.4. The van der Waals surface area contributed by atoms with Crippen LogP contribution in [-0.4, -0.2) is 0 Å². The van der Waals surface area contributed by atoms with Crippen LogP contribution in [0.5, 0.6) is 0 Å². The normalized spacial score (nSPS) is 13.1. The summed E-state index contributed by atoms with van der Waals surface area (Å²) < 4.78 is 0. The van der Waals surface area contributed by atoms with E-state index >= 15 is 0 Å². The predicted molar refractivity (Wildman–Crippen MR) is 139 cm³/mol. The molecule has 1 aromatic carbocycles. The van der Waals surface area contributed by atoms with Crippen molar-refractivity contribution in [2.45, 2.75) is 87.5 Å². The molecule has 0 aliphatic heterocycles. The van der Waals surface area contributed by atoms with E-state index in [1.54, 1.807) is 0 Å². The van der Waals surface area contributed by atoms with Gasteiger partial charge in [0.1, 0.15) is 0 Å². The Morgan fingerprint density at radius 2 is 1.60 bits per heavy atom. The van der Waals surface area contributed by atoms with Crippen LogP contribution in [0.25, 0.3) is 11.6 Å². The van der Waals surface area contributed by atoms with Gasteiger partial charge >= 0.3 is 0 Å². The van der Waals surface area contributed by atoms with Gasteiger partial charge in [0.15, 0.2) is 0 Å². The van der Waals surface area contributed by atoms with Crippen molar-refractivity contribution < 1.29 is 0 Å². The van der Waals surface area contributed by atoms with E-state index in [0.29, 0.717) is 5.41 Å². The van der Waals surface area contributed by atoms with Crippen LogP contribution in [0.2, 0.25) is 0 Å². The van der Waals surface area contributed by atoms with E-state index in [9.17, 15) is 0 Å². The zero-order chi connectivity index (χ0) is 23.1. The maximum Gasteiger partial charge on any atom is -0.00828 e.